The van der Waals surface area contributed by atoms with Crippen molar-refractivity contribution in [1.29, 1.82) is 0 Å². The number of aliphatic hydroxyl groups is 1. The summed E-state index contributed by atoms with van der Waals surface area (Å²) in [5, 5.41) is 29.1. The monoisotopic (exact) mass is 305 g/mol. The molecule has 1 aromatic heterocycles. The molecule has 5 N–H and O–H groups in total. The number of carbonyl (C=O) groups is 1. The molecule has 0 radical (unpaired) electrons. The van der Waals surface area contributed by atoms with Gasteiger partial charge in [0, 0.05) is 6.42 Å². The Kier molecular flexibility index (Phi) is 4.79. The minimum Gasteiger partial charge on any atom is -0.508 e. The zero-order chi connectivity index (χ0) is 16.3. The predicted octanol–water partition coefficient (Wildman–Crippen LogP) is 0.465. The summed E-state index contributed by atoms with van der Waals surface area (Å²) >= 11 is 0. The molecule has 7 nitrogen and oxygen atoms in total. The number of phenols is 1. The Labute approximate surface area is 127 Å². The standard InChI is InChI=1S/C15H19N3O4/c1-9(20)13(16)14-17-12(15(22)18(14)6-7-19)8-10-2-4-11(21)5-3-10/h2-5,7,9,13,20-22H,6,8,16H2,1H3/t9-,13+/m1/s1. The summed E-state index contributed by atoms with van der Waals surface area (Å²) in [5.41, 5.74) is 7.07. The van der Waals surface area contributed by atoms with Crippen LogP contribution in [0, 0.1) is 0 Å². The van der Waals surface area contributed by atoms with Gasteiger partial charge < -0.3 is 25.8 Å². The number of imidazole rings is 1. The molecule has 0 saturated heterocycles. The van der Waals surface area contributed by atoms with Crippen molar-refractivity contribution in [1.82, 2.24) is 9.55 Å². The van der Waals surface area contributed by atoms with Crippen molar-refractivity contribution in [3.8, 4) is 11.6 Å². The molecular formula is C15H19N3O4. The van der Waals surface area contributed by atoms with E-state index in [2.05, 4.69) is 4.98 Å². The number of hydrogen-bond acceptors (Lipinski definition) is 6. The van der Waals surface area contributed by atoms with Gasteiger partial charge in [0.1, 0.15) is 23.6 Å². The first-order chi connectivity index (χ1) is 10.4. The van der Waals surface area contributed by atoms with E-state index in [9.17, 15) is 20.1 Å². The first kappa shape index (κ1) is 16.0. The van der Waals surface area contributed by atoms with E-state index < -0.39 is 12.1 Å². The fourth-order valence-electron chi connectivity index (χ4n) is 2.16. The highest BCUT2D eigenvalue weighted by molar-refractivity contribution is 5.50. The number of benzene rings is 1. The maximum atomic E-state index is 10.8. The van der Waals surface area contributed by atoms with Crippen LogP contribution in [0.25, 0.3) is 0 Å². The molecule has 118 valence electrons. The fourth-order valence-corrected chi connectivity index (χ4v) is 2.16. The molecule has 0 aliphatic carbocycles. The number of aromatic hydroxyl groups is 2. The van der Waals surface area contributed by atoms with Crippen LogP contribution in [0.2, 0.25) is 0 Å². The Hall–Kier alpha value is -2.38. The molecule has 2 rings (SSSR count). The largest absolute Gasteiger partial charge is 0.508 e. The Morgan fingerprint density at radius 1 is 1.32 bits per heavy atom. The van der Waals surface area contributed by atoms with Crippen molar-refractivity contribution >= 4 is 6.29 Å². The molecule has 0 spiro atoms. The van der Waals surface area contributed by atoms with Crippen molar-refractivity contribution in [3.63, 3.8) is 0 Å². The number of aldehydes is 1. The molecule has 1 aromatic carbocycles. The maximum absolute atomic E-state index is 10.8. The third-order valence-electron chi connectivity index (χ3n) is 3.42. The molecule has 0 fully saturated rings. The zero-order valence-corrected chi connectivity index (χ0v) is 12.2. The van der Waals surface area contributed by atoms with Crippen LogP contribution in [-0.4, -0.2) is 37.3 Å². The van der Waals surface area contributed by atoms with Gasteiger partial charge in [0.15, 0.2) is 0 Å². The van der Waals surface area contributed by atoms with Crippen molar-refractivity contribution in [3.05, 3.63) is 41.3 Å². The van der Waals surface area contributed by atoms with Gasteiger partial charge in [-0.25, -0.2) is 4.98 Å². The van der Waals surface area contributed by atoms with Gasteiger partial charge in [-0.05, 0) is 24.6 Å². The summed E-state index contributed by atoms with van der Waals surface area (Å²) in [5.74, 6) is 0.260. The molecule has 0 aliphatic rings. The van der Waals surface area contributed by atoms with Crippen LogP contribution in [0.5, 0.6) is 11.6 Å². The highest BCUT2D eigenvalue weighted by Crippen LogP contribution is 2.26. The van der Waals surface area contributed by atoms with E-state index in [0.717, 1.165) is 5.56 Å². The van der Waals surface area contributed by atoms with Crippen molar-refractivity contribution in [2.45, 2.75) is 32.0 Å². The fraction of sp³-hybridized carbons (Fsp3) is 0.333. The van der Waals surface area contributed by atoms with E-state index in [0.29, 0.717) is 18.4 Å². The quantitative estimate of drug-likeness (QED) is 0.575. The van der Waals surface area contributed by atoms with Crippen LogP contribution in [0.3, 0.4) is 0 Å². The second kappa shape index (κ2) is 6.59. The van der Waals surface area contributed by atoms with E-state index >= 15 is 0 Å². The number of nitrogens with zero attached hydrogens (tertiary/aromatic N) is 2. The van der Waals surface area contributed by atoms with E-state index in [4.69, 9.17) is 5.73 Å². The second-order valence-corrected chi connectivity index (χ2v) is 5.13. The Morgan fingerprint density at radius 2 is 1.95 bits per heavy atom. The van der Waals surface area contributed by atoms with Crippen LogP contribution < -0.4 is 5.73 Å². The van der Waals surface area contributed by atoms with E-state index in [1.54, 1.807) is 12.1 Å². The van der Waals surface area contributed by atoms with Crippen LogP contribution in [-0.2, 0) is 17.8 Å². The lowest BCUT2D eigenvalue weighted by molar-refractivity contribution is -0.108. The number of hydrogen-bond donors (Lipinski definition) is 4. The Balaban J connectivity index is 2.37. The third-order valence-corrected chi connectivity index (χ3v) is 3.42. The summed E-state index contributed by atoms with van der Waals surface area (Å²) in [4.78, 5) is 15.1. The molecule has 2 aromatic rings. The minimum atomic E-state index is -0.867. The number of nitrogens with two attached hydrogens (primary N) is 1. The molecule has 0 aliphatic heterocycles. The first-order valence-corrected chi connectivity index (χ1v) is 6.87. The van der Waals surface area contributed by atoms with Crippen molar-refractivity contribution in [2.75, 3.05) is 0 Å². The van der Waals surface area contributed by atoms with Gasteiger partial charge in [-0.3, -0.25) is 4.57 Å². The zero-order valence-electron chi connectivity index (χ0n) is 12.2. The maximum Gasteiger partial charge on any atom is 0.215 e. The summed E-state index contributed by atoms with van der Waals surface area (Å²) in [6.45, 7) is 1.42. The van der Waals surface area contributed by atoms with Gasteiger partial charge in [-0.2, -0.15) is 0 Å². The van der Waals surface area contributed by atoms with Gasteiger partial charge >= 0.3 is 0 Å². The van der Waals surface area contributed by atoms with Crippen LogP contribution >= 0.6 is 0 Å². The number of carbonyl (C=O) groups excluding carboxylic acids is 1. The van der Waals surface area contributed by atoms with E-state index in [-0.39, 0.29) is 24.0 Å². The normalized spacial score (nSPS) is 13.8. The molecule has 1 heterocycles. The molecular weight excluding hydrogens is 286 g/mol. The molecule has 0 saturated carbocycles. The minimum absolute atomic E-state index is 0.0931. The van der Waals surface area contributed by atoms with Gasteiger partial charge in [-0.15, -0.1) is 0 Å². The topological polar surface area (TPSA) is 122 Å². The van der Waals surface area contributed by atoms with Gasteiger partial charge in [0.05, 0.1) is 18.7 Å². The highest BCUT2D eigenvalue weighted by atomic mass is 16.3. The van der Waals surface area contributed by atoms with Crippen LogP contribution in [0.1, 0.15) is 30.0 Å². The predicted molar refractivity (Wildman–Crippen MR) is 79.5 cm³/mol. The first-order valence-electron chi connectivity index (χ1n) is 6.87. The smallest absolute Gasteiger partial charge is 0.215 e. The van der Waals surface area contributed by atoms with Crippen molar-refractivity contribution in [2.24, 2.45) is 5.73 Å². The van der Waals surface area contributed by atoms with E-state index in [1.807, 2.05) is 0 Å². The summed E-state index contributed by atoms with van der Waals surface area (Å²) in [6, 6.07) is 5.69. The van der Waals surface area contributed by atoms with E-state index in [1.165, 1.54) is 23.6 Å². The lowest BCUT2D eigenvalue weighted by Crippen LogP contribution is -2.27. The third kappa shape index (κ3) is 3.26. The van der Waals surface area contributed by atoms with Crippen molar-refractivity contribution < 1.29 is 20.1 Å². The van der Waals surface area contributed by atoms with Gasteiger partial charge in [0.2, 0.25) is 5.88 Å². The van der Waals surface area contributed by atoms with Crippen LogP contribution in [0.4, 0.5) is 0 Å². The summed E-state index contributed by atoms with van der Waals surface area (Å²) < 4.78 is 1.29. The Morgan fingerprint density at radius 3 is 2.50 bits per heavy atom. The molecule has 2 atom stereocenters. The lowest BCUT2D eigenvalue weighted by Gasteiger charge is -2.15. The SMILES string of the molecule is C[C@@H](O)[C@H](N)c1nc(Cc2ccc(O)cc2)c(O)n1CC=O. The summed E-state index contributed by atoms with van der Waals surface area (Å²) in [7, 11) is 0. The number of aromatic nitrogens is 2. The average Bonchev–Trinajstić information content (AvgIpc) is 2.78. The lowest BCUT2D eigenvalue weighted by atomic mass is 10.1. The number of aliphatic hydroxyl groups excluding tert-OH is 1. The molecule has 22 heavy (non-hydrogen) atoms. The van der Waals surface area contributed by atoms with Gasteiger partial charge in [0.25, 0.3) is 0 Å². The molecule has 0 amide bonds. The molecule has 0 unspecified atom stereocenters. The summed E-state index contributed by atoms with van der Waals surface area (Å²) in [6.07, 6.45) is 0.0790. The highest BCUT2D eigenvalue weighted by Gasteiger charge is 2.23. The number of rotatable bonds is 6. The molecule has 7 heteroatoms. The second-order valence-electron chi connectivity index (χ2n) is 5.13. The number of phenolic OH excluding ortho intramolecular Hbond substituents is 1. The van der Waals surface area contributed by atoms with Gasteiger partial charge in [-0.1, -0.05) is 12.1 Å². The Bertz CT molecular complexity index is 650. The van der Waals surface area contributed by atoms with Crippen LogP contribution in [0.15, 0.2) is 24.3 Å². The average molecular weight is 305 g/mol. The molecule has 0 bridgehead atoms.